The van der Waals surface area contributed by atoms with Crippen LogP contribution in [0.15, 0.2) is 36.4 Å². The van der Waals surface area contributed by atoms with E-state index in [1.807, 2.05) is 50.1 Å². The number of hydrogen-bond donors (Lipinski definition) is 0. The maximum Gasteiger partial charge on any atom is 0.176 e. The van der Waals surface area contributed by atoms with Crippen molar-refractivity contribution in [2.45, 2.75) is 19.3 Å². The number of nitrogens with zero attached hydrogens (tertiary/aromatic N) is 2. The Balaban J connectivity index is 1.99. The molecule has 0 N–H and O–H groups in total. The van der Waals surface area contributed by atoms with Gasteiger partial charge in [0.1, 0.15) is 0 Å². The molecule has 2 aromatic carbocycles. The molecule has 4 heteroatoms. The molecule has 0 aliphatic heterocycles. The van der Waals surface area contributed by atoms with Gasteiger partial charge in [-0.25, -0.2) is 0 Å². The van der Waals surface area contributed by atoms with Crippen LogP contribution in [-0.4, -0.2) is 62.6 Å². The van der Waals surface area contributed by atoms with Gasteiger partial charge in [0.25, 0.3) is 0 Å². The van der Waals surface area contributed by atoms with Crippen molar-refractivity contribution in [3.05, 3.63) is 58.7 Å². The number of benzene rings is 2. The molecule has 0 radical (unpaired) electrons. The lowest BCUT2D eigenvalue weighted by atomic mass is 9.91. The third kappa shape index (κ3) is 3.87. The van der Waals surface area contributed by atoms with E-state index in [1.165, 1.54) is 22.3 Å². The van der Waals surface area contributed by atoms with Gasteiger partial charge in [0.05, 0.1) is 13.1 Å². The molecule has 142 valence electrons. The van der Waals surface area contributed by atoms with Crippen LogP contribution in [0.4, 0.5) is 0 Å². The van der Waals surface area contributed by atoms with Gasteiger partial charge in [0, 0.05) is 17.0 Å². The van der Waals surface area contributed by atoms with Crippen LogP contribution in [0, 0.1) is 0 Å². The first kappa shape index (κ1) is 19.5. The standard InChI is InChI=1S/C23H28N2O2/c1-6-17-20-11-15(22(26)13-24(2)3)7-9-18(20)19-10-8-16(12-21(17)19)23(27)14-25(4)5/h7-12,17H,6,13-14H2,1-5H3. The number of fused-ring (bicyclic) bond motifs is 3. The first-order valence-electron chi connectivity index (χ1n) is 9.46. The number of hydrogen-bond acceptors (Lipinski definition) is 4. The molecule has 3 rings (SSSR count). The minimum Gasteiger partial charge on any atom is -0.302 e. The molecule has 0 saturated carbocycles. The van der Waals surface area contributed by atoms with Gasteiger partial charge in [-0.1, -0.05) is 31.2 Å². The molecule has 0 amide bonds. The summed E-state index contributed by atoms with van der Waals surface area (Å²) in [6.07, 6.45) is 0.941. The molecule has 0 bridgehead atoms. The van der Waals surface area contributed by atoms with Gasteiger partial charge in [0.2, 0.25) is 0 Å². The predicted molar refractivity (Wildman–Crippen MR) is 110 cm³/mol. The summed E-state index contributed by atoms with van der Waals surface area (Å²) in [5, 5.41) is 0. The summed E-state index contributed by atoms with van der Waals surface area (Å²) in [5.74, 6) is 0.500. The average Bonchev–Trinajstić information content (AvgIpc) is 2.92. The van der Waals surface area contributed by atoms with Gasteiger partial charge in [-0.15, -0.1) is 0 Å². The van der Waals surface area contributed by atoms with Gasteiger partial charge in [0.15, 0.2) is 11.6 Å². The summed E-state index contributed by atoms with van der Waals surface area (Å²) in [5.41, 5.74) is 6.30. The summed E-state index contributed by atoms with van der Waals surface area (Å²) in [6, 6.07) is 12.1. The highest BCUT2D eigenvalue weighted by Crippen LogP contribution is 2.47. The Kier molecular flexibility index (Phi) is 5.59. The molecule has 0 atom stereocenters. The summed E-state index contributed by atoms with van der Waals surface area (Å²) >= 11 is 0. The highest BCUT2D eigenvalue weighted by Gasteiger charge is 2.29. The lowest BCUT2D eigenvalue weighted by Gasteiger charge is -2.14. The van der Waals surface area contributed by atoms with Crippen LogP contribution in [0.1, 0.15) is 51.1 Å². The van der Waals surface area contributed by atoms with Crippen LogP contribution < -0.4 is 0 Å². The van der Waals surface area contributed by atoms with E-state index < -0.39 is 0 Å². The van der Waals surface area contributed by atoms with Crippen molar-refractivity contribution in [2.75, 3.05) is 41.3 Å². The number of carbonyl (C=O) groups is 2. The Labute approximate surface area is 161 Å². The Morgan fingerprint density at radius 2 is 1.19 bits per heavy atom. The molecule has 2 aromatic rings. The second-order valence-electron chi connectivity index (χ2n) is 7.89. The summed E-state index contributed by atoms with van der Waals surface area (Å²) in [4.78, 5) is 28.7. The lowest BCUT2D eigenvalue weighted by molar-refractivity contribution is 0.0949. The first-order chi connectivity index (χ1) is 12.8. The Hall–Kier alpha value is -2.30. The van der Waals surface area contributed by atoms with Crippen molar-refractivity contribution in [1.29, 1.82) is 0 Å². The van der Waals surface area contributed by atoms with E-state index in [9.17, 15) is 9.59 Å². The molecular weight excluding hydrogens is 336 g/mol. The highest BCUT2D eigenvalue weighted by atomic mass is 16.1. The summed E-state index contributed by atoms with van der Waals surface area (Å²) in [6.45, 7) is 2.98. The SMILES string of the molecule is CCC1c2cc(C(=O)CN(C)C)ccc2-c2ccc(C(=O)CN(C)C)cc21. The fraction of sp³-hybridized carbons (Fsp3) is 0.391. The maximum atomic E-state index is 12.5. The van der Waals surface area contributed by atoms with Crippen molar-refractivity contribution < 1.29 is 9.59 Å². The van der Waals surface area contributed by atoms with Crippen LogP contribution in [0.3, 0.4) is 0 Å². The van der Waals surface area contributed by atoms with Crippen molar-refractivity contribution >= 4 is 11.6 Å². The molecule has 0 fully saturated rings. The minimum atomic E-state index is 0.135. The van der Waals surface area contributed by atoms with E-state index in [2.05, 4.69) is 31.2 Å². The fourth-order valence-electron chi connectivity index (χ4n) is 3.90. The van der Waals surface area contributed by atoms with Crippen LogP contribution >= 0.6 is 0 Å². The highest BCUT2D eigenvalue weighted by molar-refractivity contribution is 6.00. The quantitative estimate of drug-likeness (QED) is 0.703. The van der Waals surface area contributed by atoms with E-state index in [0.717, 1.165) is 17.5 Å². The molecule has 0 heterocycles. The van der Waals surface area contributed by atoms with Gasteiger partial charge < -0.3 is 9.80 Å². The molecule has 1 aliphatic carbocycles. The minimum absolute atomic E-state index is 0.135. The van der Waals surface area contributed by atoms with Crippen molar-refractivity contribution in [3.63, 3.8) is 0 Å². The van der Waals surface area contributed by atoms with E-state index in [1.54, 1.807) is 0 Å². The van der Waals surface area contributed by atoms with Gasteiger partial charge in [-0.2, -0.15) is 0 Å². The normalized spacial score (nSPS) is 13.1. The molecule has 27 heavy (non-hydrogen) atoms. The monoisotopic (exact) mass is 364 g/mol. The van der Waals surface area contributed by atoms with Gasteiger partial charge in [-0.05, 0) is 69.0 Å². The van der Waals surface area contributed by atoms with Crippen LogP contribution in [0.5, 0.6) is 0 Å². The zero-order valence-electron chi connectivity index (χ0n) is 16.9. The van der Waals surface area contributed by atoms with Crippen LogP contribution in [0.25, 0.3) is 11.1 Å². The Bertz CT molecular complexity index is 812. The number of rotatable bonds is 7. The van der Waals surface area contributed by atoms with Gasteiger partial charge in [-0.3, -0.25) is 9.59 Å². The number of carbonyl (C=O) groups excluding carboxylic acids is 2. The Morgan fingerprint density at radius 1 is 0.778 bits per heavy atom. The molecule has 1 aliphatic rings. The topological polar surface area (TPSA) is 40.6 Å². The van der Waals surface area contributed by atoms with Crippen molar-refractivity contribution in [2.24, 2.45) is 0 Å². The first-order valence-corrected chi connectivity index (χ1v) is 9.46. The fourth-order valence-corrected chi connectivity index (χ4v) is 3.90. The molecular formula is C23H28N2O2. The second-order valence-corrected chi connectivity index (χ2v) is 7.89. The van der Waals surface area contributed by atoms with E-state index in [-0.39, 0.29) is 17.5 Å². The molecule has 4 nitrogen and oxygen atoms in total. The van der Waals surface area contributed by atoms with E-state index in [0.29, 0.717) is 13.1 Å². The molecule has 0 spiro atoms. The largest absolute Gasteiger partial charge is 0.302 e. The maximum absolute atomic E-state index is 12.5. The molecule has 0 aromatic heterocycles. The predicted octanol–water partition coefficient (Wildman–Crippen LogP) is 3.70. The number of likely N-dealkylation sites (N-methyl/N-ethyl adjacent to an activating group) is 2. The van der Waals surface area contributed by atoms with E-state index in [4.69, 9.17) is 0 Å². The van der Waals surface area contributed by atoms with Crippen LogP contribution in [-0.2, 0) is 0 Å². The van der Waals surface area contributed by atoms with E-state index >= 15 is 0 Å². The summed E-state index contributed by atoms with van der Waals surface area (Å²) in [7, 11) is 7.62. The molecule has 0 saturated heterocycles. The second kappa shape index (κ2) is 7.75. The van der Waals surface area contributed by atoms with Crippen LogP contribution in [0.2, 0.25) is 0 Å². The lowest BCUT2D eigenvalue weighted by Crippen LogP contribution is -2.21. The van der Waals surface area contributed by atoms with Crippen molar-refractivity contribution in [3.8, 4) is 11.1 Å². The number of Topliss-reactive ketones (excluding diaryl/α,β-unsaturated/α-hetero) is 2. The average molecular weight is 364 g/mol. The number of ketones is 2. The molecule has 0 unspecified atom stereocenters. The zero-order chi connectivity index (χ0) is 19.7. The van der Waals surface area contributed by atoms with Crippen molar-refractivity contribution in [1.82, 2.24) is 9.80 Å². The smallest absolute Gasteiger partial charge is 0.176 e. The third-order valence-corrected chi connectivity index (χ3v) is 5.12. The van der Waals surface area contributed by atoms with Gasteiger partial charge >= 0.3 is 0 Å². The Morgan fingerprint density at radius 3 is 1.52 bits per heavy atom. The third-order valence-electron chi connectivity index (χ3n) is 5.12. The summed E-state index contributed by atoms with van der Waals surface area (Å²) < 4.78 is 0. The zero-order valence-corrected chi connectivity index (χ0v) is 16.9.